The molecule has 0 aliphatic carbocycles. The highest BCUT2D eigenvalue weighted by Crippen LogP contribution is 2.17. The Kier molecular flexibility index (Phi) is 5.27. The van der Waals surface area contributed by atoms with E-state index in [1.807, 2.05) is 0 Å². The fourth-order valence-corrected chi connectivity index (χ4v) is 1.96. The van der Waals surface area contributed by atoms with Gasteiger partial charge >= 0.3 is 16.3 Å². The fraction of sp³-hybridized carbons (Fsp3) is 0.462. The van der Waals surface area contributed by atoms with E-state index in [0.29, 0.717) is 0 Å². The molecule has 1 N–H and O–H groups in total. The molecule has 1 rings (SSSR count). The molecular formula is C13H17F2NO4S. The highest BCUT2D eigenvalue weighted by molar-refractivity contribution is 7.86. The standard InChI is InChI=1S/C13H17F2NO4S/c1-13(2,3)20-12(17)16-10-4-5-11(14)9(8-10)6-7-21(15,18)19/h4-5,8H,6-7H2,1-3H3,(H,16,17). The van der Waals surface area contributed by atoms with E-state index in [1.54, 1.807) is 20.8 Å². The lowest BCUT2D eigenvalue weighted by Crippen LogP contribution is -2.27. The van der Waals surface area contributed by atoms with E-state index in [4.69, 9.17) is 4.74 Å². The zero-order chi connectivity index (χ0) is 16.3. The van der Waals surface area contributed by atoms with Crippen LogP contribution in [0.3, 0.4) is 0 Å². The number of benzene rings is 1. The smallest absolute Gasteiger partial charge is 0.412 e. The molecule has 0 fully saturated rings. The van der Waals surface area contributed by atoms with E-state index in [-0.39, 0.29) is 17.7 Å². The molecule has 1 amide bonds. The maximum Gasteiger partial charge on any atom is 0.412 e. The van der Waals surface area contributed by atoms with Gasteiger partial charge in [0, 0.05) is 5.69 Å². The molecule has 0 aliphatic rings. The summed E-state index contributed by atoms with van der Waals surface area (Å²) < 4.78 is 51.9. The Bertz CT molecular complexity index is 624. The lowest BCUT2D eigenvalue weighted by molar-refractivity contribution is 0.0636. The third-order valence-electron chi connectivity index (χ3n) is 2.31. The summed E-state index contributed by atoms with van der Waals surface area (Å²) in [7, 11) is -4.68. The molecule has 1 aromatic carbocycles. The van der Waals surface area contributed by atoms with Crippen LogP contribution in [0.5, 0.6) is 0 Å². The van der Waals surface area contributed by atoms with Gasteiger partial charge in [0.15, 0.2) is 0 Å². The van der Waals surface area contributed by atoms with Crippen molar-refractivity contribution in [1.29, 1.82) is 0 Å². The first-order valence-electron chi connectivity index (χ1n) is 6.17. The minimum atomic E-state index is -4.68. The van der Waals surface area contributed by atoms with Gasteiger partial charge in [0.05, 0.1) is 5.75 Å². The largest absolute Gasteiger partial charge is 0.444 e. The van der Waals surface area contributed by atoms with Crippen LogP contribution in [0.15, 0.2) is 18.2 Å². The molecule has 0 spiro atoms. The van der Waals surface area contributed by atoms with Crippen molar-refractivity contribution >= 4 is 22.0 Å². The molecular weight excluding hydrogens is 304 g/mol. The van der Waals surface area contributed by atoms with Gasteiger partial charge in [0.2, 0.25) is 0 Å². The van der Waals surface area contributed by atoms with Crippen molar-refractivity contribution in [3.63, 3.8) is 0 Å². The maximum atomic E-state index is 13.5. The van der Waals surface area contributed by atoms with Crippen molar-refractivity contribution in [3.05, 3.63) is 29.6 Å². The van der Waals surface area contributed by atoms with E-state index in [0.717, 1.165) is 6.07 Å². The fourth-order valence-electron chi connectivity index (χ4n) is 1.50. The summed E-state index contributed by atoms with van der Waals surface area (Å²) in [6, 6.07) is 3.60. The summed E-state index contributed by atoms with van der Waals surface area (Å²) in [5.74, 6) is -1.49. The Balaban J connectivity index is 2.79. The lowest BCUT2D eigenvalue weighted by Gasteiger charge is -2.19. The van der Waals surface area contributed by atoms with Crippen LogP contribution >= 0.6 is 0 Å². The molecule has 0 aliphatic heterocycles. The Labute approximate surface area is 122 Å². The van der Waals surface area contributed by atoms with Crippen molar-refractivity contribution in [2.24, 2.45) is 0 Å². The van der Waals surface area contributed by atoms with E-state index in [9.17, 15) is 21.5 Å². The number of hydrogen-bond donors (Lipinski definition) is 1. The van der Waals surface area contributed by atoms with Crippen LogP contribution in [-0.2, 0) is 21.4 Å². The van der Waals surface area contributed by atoms with Gasteiger partial charge in [-0.3, -0.25) is 5.32 Å². The van der Waals surface area contributed by atoms with Crippen molar-refractivity contribution in [3.8, 4) is 0 Å². The van der Waals surface area contributed by atoms with Gasteiger partial charge in [-0.05, 0) is 51.0 Å². The van der Waals surface area contributed by atoms with Crippen LogP contribution < -0.4 is 5.32 Å². The van der Waals surface area contributed by atoms with Gasteiger partial charge in [0.1, 0.15) is 11.4 Å². The molecule has 0 atom stereocenters. The van der Waals surface area contributed by atoms with Crippen LogP contribution in [0.2, 0.25) is 0 Å². The third-order valence-corrected chi connectivity index (χ3v) is 3.00. The van der Waals surface area contributed by atoms with E-state index < -0.39 is 33.5 Å². The number of anilines is 1. The summed E-state index contributed by atoms with van der Waals surface area (Å²) in [5, 5.41) is 2.39. The highest BCUT2D eigenvalue weighted by atomic mass is 32.3. The molecule has 8 heteroatoms. The lowest BCUT2D eigenvalue weighted by atomic mass is 10.1. The van der Waals surface area contributed by atoms with Crippen molar-refractivity contribution < 1.29 is 26.2 Å². The number of amides is 1. The van der Waals surface area contributed by atoms with Crippen LogP contribution in [0.4, 0.5) is 18.8 Å². The van der Waals surface area contributed by atoms with Crippen molar-refractivity contribution in [2.45, 2.75) is 32.8 Å². The molecule has 0 radical (unpaired) electrons. The molecule has 0 heterocycles. The van der Waals surface area contributed by atoms with Crippen molar-refractivity contribution in [1.82, 2.24) is 0 Å². The molecule has 118 valence electrons. The molecule has 0 aromatic heterocycles. The average Bonchev–Trinajstić information content (AvgIpc) is 2.26. The number of carbonyl (C=O) groups excluding carboxylic acids is 1. The quantitative estimate of drug-likeness (QED) is 0.865. The SMILES string of the molecule is CC(C)(C)OC(=O)Nc1ccc(F)c(CCS(=O)(=O)F)c1. The monoisotopic (exact) mass is 321 g/mol. The second-order valence-corrected chi connectivity index (χ2v) is 6.91. The molecule has 1 aromatic rings. The summed E-state index contributed by atoms with van der Waals surface area (Å²) in [6.45, 7) is 5.07. The molecule has 21 heavy (non-hydrogen) atoms. The number of carbonyl (C=O) groups is 1. The summed E-state index contributed by atoms with van der Waals surface area (Å²) in [5.41, 5.74) is -0.461. The van der Waals surface area contributed by atoms with Gasteiger partial charge in [-0.2, -0.15) is 8.42 Å². The van der Waals surface area contributed by atoms with Crippen LogP contribution in [0.1, 0.15) is 26.3 Å². The Hall–Kier alpha value is -1.70. The zero-order valence-corrected chi connectivity index (χ0v) is 12.8. The predicted octanol–water partition coefficient (Wildman–Crippen LogP) is 3.01. The van der Waals surface area contributed by atoms with Crippen LogP contribution in [-0.4, -0.2) is 25.9 Å². The van der Waals surface area contributed by atoms with Gasteiger partial charge in [-0.15, -0.1) is 3.89 Å². The summed E-state index contributed by atoms with van der Waals surface area (Å²) >= 11 is 0. The van der Waals surface area contributed by atoms with E-state index in [2.05, 4.69) is 5.32 Å². The number of hydrogen-bond acceptors (Lipinski definition) is 4. The molecule has 0 saturated heterocycles. The molecule has 0 unspecified atom stereocenters. The Morgan fingerprint density at radius 1 is 1.33 bits per heavy atom. The number of nitrogens with one attached hydrogen (secondary N) is 1. The predicted molar refractivity (Wildman–Crippen MR) is 74.9 cm³/mol. The molecule has 0 saturated carbocycles. The number of ether oxygens (including phenoxy) is 1. The van der Waals surface area contributed by atoms with Gasteiger partial charge < -0.3 is 4.74 Å². The first kappa shape index (κ1) is 17.4. The summed E-state index contributed by atoms with van der Waals surface area (Å²) in [6.07, 6.45) is -1.05. The average molecular weight is 321 g/mol. The first-order chi connectivity index (χ1) is 9.46. The number of rotatable bonds is 4. The Morgan fingerprint density at radius 3 is 2.48 bits per heavy atom. The van der Waals surface area contributed by atoms with E-state index >= 15 is 0 Å². The van der Waals surface area contributed by atoms with Crippen LogP contribution in [0.25, 0.3) is 0 Å². The Morgan fingerprint density at radius 2 is 1.95 bits per heavy atom. The number of aryl methyl sites for hydroxylation is 1. The molecule has 5 nitrogen and oxygen atoms in total. The second-order valence-electron chi connectivity index (χ2n) is 5.43. The third kappa shape index (κ3) is 7.03. The molecule has 0 bridgehead atoms. The highest BCUT2D eigenvalue weighted by Gasteiger charge is 2.17. The summed E-state index contributed by atoms with van der Waals surface area (Å²) in [4.78, 5) is 11.6. The maximum absolute atomic E-state index is 13.5. The van der Waals surface area contributed by atoms with Crippen molar-refractivity contribution in [2.75, 3.05) is 11.1 Å². The minimum absolute atomic E-state index is 0.00946. The zero-order valence-electron chi connectivity index (χ0n) is 11.9. The number of halogens is 2. The first-order valence-corrected chi connectivity index (χ1v) is 7.72. The minimum Gasteiger partial charge on any atom is -0.444 e. The second kappa shape index (κ2) is 6.38. The van der Waals surface area contributed by atoms with Crippen LogP contribution in [0, 0.1) is 5.82 Å². The van der Waals surface area contributed by atoms with E-state index in [1.165, 1.54) is 12.1 Å². The normalized spacial score (nSPS) is 12.0. The van der Waals surface area contributed by atoms with Gasteiger partial charge in [-0.1, -0.05) is 0 Å². The van der Waals surface area contributed by atoms with Gasteiger partial charge in [-0.25, -0.2) is 9.18 Å². The van der Waals surface area contributed by atoms with Gasteiger partial charge in [0.25, 0.3) is 0 Å². The topological polar surface area (TPSA) is 72.5 Å².